The van der Waals surface area contributed by atoms with Crippen molar-refractivity contribution >= 4 is 11.7 Å². The third kappa shape index (κ3) is 6.34. The van der Waals surface area contributed by atoms with Crippen LogP contribution in [0.5, 0.6) is 11.5 Å². The quantitative estimate of drug-likeness (QED) is 0.290. The van der Waals surface area contributed by atoms with Gasteiger partial charge in [-0.3, -0.25) is 10.8 Å². The van der Waals surface area contributed by atoms with Gasteiger partial charge in [0.05, 0.1) is 0 Å². The van der Waals surface area contributed by atoms with E-state index in [9.17, 15) is 0 Å². The van der Waals surface area contributed by atoms with Crippen LogP contribution in [0.2, 0.25) is 0 Å². The van der Waals surface area contributed by atoms with Crippen molar-refractivity contribution in [3.05, 3.63) is 94.5 Å². The van der Waals surface area contributed by atoms with Gasteiger partial charge in [-0.15, -0.1) is 0 Å². The lowest BCUT2D eigenvalue weighted by Gasteiger charge is -2.12. The van der Waals surface area contributed by atoms with Gasteiger partial charge >= 0.3 is 0 Å². The zero-order valence-corrected chi connectivity index (χ0v) is 17.7. The van der Waals surface area contributed by atoms with E-state index in [1.807, 2.05) is 24.3 Å². The Hall–Kier alpha value is -3.80. The number of aryl methyl sites for hydroxylation is 1. The number of hydrogen-bond donors (Lipinski definition) is 4. The molecule has 3 rings (SSSR count). The summed E-state index contributed by atoms with van der Waals surface area (Å²) >= 11 is 0. The molecule has 0 unspecified atom stereocenters. The van der Waals surface area contributed by atoms with Gasteiger partial charge in [0.2, 0.25) is 0 Å². The zero-order valence-electron chi connectivity index (χ0n) is 17.7. The molecule has 0 atom stereocenters. The Labute approximate surface area is 182 Å². The average Bonchev–Trinajstić information content (AvgIpc) is 2.77. The van der Waals surface area contributed by atoms with Gasteiger partial charge < -0.3 is 20.9 Å². The summed E-state index contributed by atoms with van der Waals surface area (Å²) in [6.45, 7) is 3.04. The van der Waals surface area contributed by atoms with E-state index in [4.69, 9.17) is 31.8 Å². The second kappa shape index (κ2) is 10.3. The van der Waals surface area contributed by atoms with E-state index in [0.717, 1.165) is 35.5 Å². The van der Waals surface area contributed by atoms with Crippen molar-refractivity contribution in [3.8, 4) is 11.5 Å². The van der Waals surface area contributed by atoms with Crippen molar-refractivity contribution in [2.45, 2.75) is 33.0 Å². The SMILES string of the molecule is CCCc1cc(COc2ccc(C(=N)N)cc2)cc(COc2ccc(C(=N)N)cc2)c1. The van der Waals surface area contributed by atoms with Crippen LogP contribution in [0.1, 0.15) is 41.2 Å². The normalized spacial score (nSPS) is 10.5. The number of benzene rings is 3. The van der Waals surface area contributed by atoms with Gasteiger partial charge in [-0.05, 0) is 77.7 Å². The van der Waals surface area contributed by atoms with Crippen LogP contribution in [0.25, 0.3) is 0 Å². The molecular formula is C25H28N4O2. The van der Waals surface area contributed by atoms with Gasteiger partial charge in [0, 0.05) is 11.1 Å². The first-order chi connectivity index (χ1) is 14.9. The van der Waals surface area contributed by atoms with Crippen LogP contribution in [0.3, 0.4) is 0 Å². The molecule has 0 amide bonds. The van der Waals surface area contributed by atoms with Gasteiger partial charge in [0.25, 0.3) is 0 Å². The van der Waals surface area contributed by atoms with Crippen molar-refractivity contribution < 1.29 is 9.47 Å². The molecular weight excluding hydrogens is 388 g/mol. The van der Waals surface area contributed by atoms with Crippen molar-refractivity contribution in [3.63, 3.8) is 0 Å². The van der Waals surface area contributed by atoms with Crippen molar-refractivity contribution in [2.75, 3.05) is 0 Å². The zero-order chi connectivity index (χ0) is 22.2. The number of amidine groups is 2. The second-order valence-electron chi connectivity index (χ2n) is 7.36. The van der Waals surface area contributed by atoms with Gasteiger partial charge in [-0.25, -0.2) is 0 Å². The number of ether oxygens (including phenoxy) is 2. The van der Waals surface area contributed by atoms with Gasteiger partial charge in [0.1, 0.15) is 36.4 Å². The molecule has 6 N–H and O–H groups in total. The summed E-state index contributed by atoms with van der Waals surface area (Å²) in [5.74, 6) is 1.54. The number of nitrogens with two attached hydrogens (primary N) is 2. The highest BCUT2D eigenvalue weighted by molar-refractivity contribution is 5.95. The minimum absolute atomic E-state index is 0.0411. The Morgan fingerprint density at radius 1 is 0.677 bits per heavy atom. The maximum absolute atomic E-state index is 7.47. The minimum atomic E-state index is 0.0411. The molecule has 3 aromatic rings. The molecule has 0 aliphatic rings. The fourth-order valence-electron chi connectivity index (χ4n) is 3.23. The average molecular weight is 417 g/mol. The van der Waals surface area contributed by atoms with Crippen LogP contribution >= 0.6 is 0 Å². The van der Waals surface area contributed by atoms with Crippen LogP contribution < -0.4 is 20.9 Å². The Morgan fingerprint density at radius 2 is 1.06 bits per heavy atom. The summed E-state index contributed by atoms with van der Waals surface area (Å²) in [4.78, 5) is 0. The minimum Gasteiger partial charge on any atom is -0.489 e. The van der Waals surface area contributed by atoms with E-state index in [-0.39, 0.29) is 11.7 Å². The molecule has 0 aliphatic heterocycles. The fraction of sp³-hybridized carbons (Fsp3) is 0.200. The molecule has 6 heteroatoms. The first kappa shape index (κ1) is 21.9. The third-order valence-electron chi connectivity index (χ3n) is 4.79. The summed E-state index contributed by atoms with van der Waals surface area (Å²) in [5, 5.41) is 14.9. The molecule has 6 nitrogen and oxygen atoms in total. The highest BCUT2D eigenvalue weighted by atomic mass is 16.5. The standard InChI is InChI=1S/C25H28N4O2/c1-2-3-17-12-18(15-30-22-8-4-20(5-9-22)24(26)27)14-19(13-17)16-31-23-10-6-21(7-11-23)25(28)29/h4-14H,2-3,15-16H2,1H3,(H3,26,27)(H3,28,29). The summed E-state index contributed by atoms with van der Waals surface area (Å²) in [7, 11) is 0. The summed E-state index contributed by atoms with van der Waals surface area (Å²) in [6, 6.07) is 20.8. The fourth-order valence-corrected chi connectivity index (χ4v) is 3.23. The number of nitrogen functional groups attached to an aromatic ring is 2. The molecule has 0 heterocycles. The maximum atomic E-state index is 7.47. The molecule has 0 aliphatic carbocycles. The first-order valence-corrected chi connectivity index (χ1v) is 10.2. The molecule has 0 fully saturated rings. The first-order valence-electron chi connectivity index (χ1n) is 10.2. The Bertz CT molecular complexity index is 964. The van der Waals surface area contributed by atoms with E-state index in [1.54, 1.807) is 24.3 Å². The van der Waals surface area contributed by atoms with Gasteiger partial charge in [0.15, 0.2) is 0 Å². The highest BCUT2D eigenvalue weighted by Crippen LogP contribution is 2.19. The van der Waals surface area contributed by atoms with Crippen LogP contribution in [0.4, 0.5) is 0 Å². The lowest BCUT2D eigenvalue weighted by molar-refractivity contribution is 0.299. The second-order valence-corrected chi connectivity index (χ2v) is 7.36. The van der Waals surface area contributed by atoms with Gasteiger partial charge in [-0.1, -0.05) is 25.5 Å². The lowest BCUT2D eigenvalue weighted by atomic mass is 10.0. The van der Waals surface area contributed by atoms with Crippen molar-refractivity contribution in [1.82, 2.24) is 0 Å². The predicted molar refractivity (Wildman–Crippen MR) is 124 cm³/mol. The topological polar surface area (TPSA) is 118 Å². The third-order valence-corrected chi connectivity index (χ3v) is 4.79. The molecule has 0 aromatic heterocycles. The van der Waals surface area contributed by atoms with Crippen LogP contribution in [0, 0.1) is 10.8 Å². The highest BCUT2D eigenvalue weighted by Gasteiger charge is 2.05. The Balaban J connectivity index is 1.67. The Kier molecular flexibility index (Phi) is 7.27. The largest absolute Gasteiger partial charge is 0.489 e. The molecule has 0 saturated carbocycles. The van der Waals surface area contributed by atoms with Crippen molar-refractivity contribution in [2.24, 2.45) is 11.5 Å². The summed E-state index contributed by atoms with van der Waals surface area (Å²) < 4.78 is 11.9. The van der Waals surface area contributed by atoms with Crippen LogP contribution in [0.15, 0.2) is 66.7 Å². The maximum Gasteiger partial charge on any atom is 0.122 e. The van der Waals surface area contributed by atoms with E-state index >= 15 is 0 Å². The molecule has 3 aromatic carbocycles. The van der Waals surface area contributed by atoms with Gasteiger partial charge in [-0.2, -0.15) is 0 Å². The number of nitrogens with one attached hydrogen (secondary N) is 2. The summed E-state index contributed by atoms with van der Waals surface area (Å²) in [5.41, 5.74) is 15.7. The predicted octanol–water partition coefficient (Wildman–Crippen LogP) is 4.37. The Morgan fingerprint density at radius 3 is 1.42 bits per heavy atom. The molecule has 0 bridgehead atoms. The van der Waals surface area contributed by atoms with E-state index in [1.165, 1.54) is 5.56 Å². The molecule has 160 valence electrons. The summed E-state index contributed by atoms with van der Waals surface area (Å²) in [6.07, 6.45) is 2.05. The van der Waals surface area contributed by atoms with E-state index in [2.05, 4.69) is 25.1 Å². The number of hydrogen-bond acceptors (Lipinski definition) is 4. The van der Waals surface area contributed by atoms with Crippen LogP contribution in [-0.2, 0) is 19.6 Å². The molecule has 0 saturated heterocycles. The van der Waals surface area contributed by atoms with Crippen LogP contribution in [-0.4, -0.2) is 11.7 Å². The molecule has 0 radical (unpaired) electrons. The lowest BCUT2D eigenvalue weighted by Crippen LogP contribution is -2.10. The smallest absolute Gasteiger partial charge is 0.122 e. The molecule has 31 heavy (non-hydrogen) atoms. The molecule has 0 spiro atoms. The van der Waals surface area contributed by atoms with E-state index < -0.39 is 0 Å². The monoisotopic (exact) mass is 416 g/mol. The van der Waals surface area contributed by atoms with E-state index in [0.29, 0.717) is 24.3 Å². The number of rotatable bonds is 10. The van der Waals surface area contributed by atoms with Crippen molar-refractivity contribution in [1.29, 1.82) is 10.8 Å².